The summed E-state index contributed by atoms with van der Waals surface area (Å²) in [5.41, 5.74) is 3.44. The molecule has 0 radical (unpaired) electrons. The van der Waals surface area contributed by atoms with Gasteiger partial charge in [0.25, 0.3) is 5.91 Å². The molecule has 2 aromatic carbocycles. The van der Waals surface area contributed by atoms with E-state index in [-0.39, 0.29) is 29.3 Å². The summed E-state index contributed by atoms with van der Waals surface area (Å²) >= 11 is 6.23. The molecule has 10 nitrogen and oxygen atoms in total. The van der Waals surface area contributed by atoms with Gasteiger partial charge in [-0.2, -0.15) is 0 Å². The van der Waals surface area contributed by atoms with Crippen LogP contribution in [0.2, 0.25) is 5.02 Å². The Kier molecular flexibility index (Phi) is 14.1. The number of fused-ring (bicyclic) bond motifs is 1. The average molecular weight is 757 g/mol. The number of likely N-dealkylation sites (N-methyl/N-ethyl adjacent to an activating group) is 1. The molecule has 3 aliphatic rings. The van der Waals surface area contributed by atoms with Gasteiger partial charge < -0.3 is 19.3 Å². The third-order valence-electron chi connectivity index (χ3n) is 11.1. The number of ether oxygens (including phenoxy) is 2. The number of carbonyl (C=O) groups is 2. The average Bonchev–Trinajstić information content (AvgIpc) is 3.66. The number of allylic oxidation sites excluding steroid dienone is 1. The fourth-order valence-corrected chi connectivity index (χ4v) is 9.07. The van der Waals surface area contributed by atoms with E-state index >= 15 is 0 Å². The van der Waals surface area contributed by atoms with Crippen molar-refractivity contribution in [3.05, 3.63) is 70.3 Å². The van der Waals surface area contributed by atoms with Gasteiger partial charge in [-0.25, -0.2) is 13.1 Å². The van der Waals surface area contributed by atoms with E-state index in [0.717, 1.165) is 76.3 Å². The maximum Gasteiger partial charge on any atom is 0.264 e. The number of amides is 2. The van der Waals surface area contributed by atoms with E-state index in [1.54, 1.807) is 25.1 Å². The quantitative estimate of drug-likeness (QED) is 0.212. The molecule has 2 heterocycles. The molecular formula is C40H57ClN4O6S. The highest BCUT2D eigenvalue weighted by molar-refractivity contribution is 7.90. The first-order valence-corrected chi connectivity index (χ1v) is 20.8. The molecule has 0 bridgehead atoms. The van der Waals surface area contributed by atoms with Crippen LogP contribution >= 0.6 is 11.6 Å². The number of nitrogens with one attached hydrogen (secondary N) is 1. The molecule has 2 amide bonds. The second kappa shape index (κ2) is 18.3. The van der Waals surface area contributed by atoms with Crippen molar-refractivity contribution in [2.24, 2.45) is 11.8 Å². The maximum atomic E-state index is 13.6. The number of hydrogen-bond acceptors (Lipinski definition) is 8. The molecule has 2 aromatic rings. The zero-order valence-corrected chi connectivity index (χ0v) is 33.1. The molecule has 2 aliphatic heterocycles. The van der Waals surface area contributed by atoms with Crippen LogP contribution in [0.15, 0.2) is 48.6 Å². The van der Waals surface area contributed by atoms with Crippen LogP contribution in [0.3, 0.4) is 0 Å². The van der Waals surface area contributed by atoms with Crippen molar-refractivity contribution < 1.29 is 27.5 Å². The van der Waals surface area contributed by atoms with Gasteiger partial charge in [0.1, 0.15) is 11.8 Å². The summed E-state index contributed by atoms with van der Waals surface area (Å²) in [7, 11) is 1.60. The lowest BCUT2D eigenvalue weighted by Crippen LogP contribution is -2.47. The number of benzene rings is 2. The SMILES string of the molecule is CC(C/C=C/C(C(=O)N(C)CC1CCOCC1)N1CCCC1)C(C)S(=O)(=O)NC(=O)c1ccc(OCC2CCCc3cc(Cl)ccc32)c(N(C)C)c1. The Hall–Kier alpha value is -3.12. The number of carbonyl (C=O) groups excluding carboxylic acids is 2. The number of rotatable bonds is 15. The monoisotopic (exact) mass is 756 g/mol. The second-order valence-electron chi connectivity index (χ2n) is 15.1. The van der Waals surface area contributed by atoms with E-state index in [1.165, 1.54) is 11.1 Å². The lowest BCUT2D eigenvalue weighted by atomic mass is 9.83. The molecule has 2 saturated heterocycles. The molecule has 0 spiro atoms. The van der Waals surface area contributed by atoms with Crippen LogP contribution in [0, 0.1) is 11.8 Å². The van der Waals surface area contributed by atoms with Crippen LogP contribution in [0.25, 0.3) is 0 Å². The van der Waals surface area contributed by atoms with Crippen LogP contribution < -0.4 is 14.4 Å². The molecule has 4 atom stereocenters. The summed E-state index contributed by atoms with van der Waals surface area (Å²) in [6, 6.07) is 10.7. The number of halogens is 1. The minimum Gasteiger partial charge on any atom is -0.491 e. The van der Waals surface area contributed by atoms with Gasteiger partial charge in [0.2, 0.25) is 15.9 Å². The van der Waals surface area contributed by atoms with E-state index in [0.29, 0.717) is 36.9 Å². The third kappa shape index (κ3) is 10.3. The lowest BCUT2D eigenvalue weighted by molar-refractivity contribution is -0.134. The Morgan fingerprint density at radius 2 is 1.77 bits per heavy atom. The normalized spacial score (nSPS) is 20.2. The first-order chi connectivity index (χ1) is 24.8. The van der Waals surface area contributed by atoms with Crippen LogP contribution in [0.1, 0.15) is 86.2 Å². The fraction of sp³-hybridized carbons (Fsp3) is 0.600. The fourth-order valence-electron chi connectivity index (χ4n) is 7.59. The molecule has 1 aliphatic carbocycles. The van der Waals surface area contributed by atoms with Crippen molar-refractivity contribution in [2.75, 3.05) is 65.5 Å². The molecule has 2 fully saturated rings. The second-order valence-corrected chi connectivity index (χ2v) is 17.6. The van der Waals surface area contributed by atoms with Gasteiger partial charge in [-0.05, 0) is 125 Å². The summed E-state index contributed by atoms with van der Waals surface area (Å²) in [5, 5.41) is -0.103. The van der Waals surface area contributed by atoms with Crippen LogP contribution in [0.4, 0.5) is 5.69 Å². The highest BCUT2D eigenvalue weighted by Gasteiger charge is 2.31. The van der Waals surface area contributed by atoms with Gasteiger partial charge in [0, 0.05) is 57.4 Å². The number of nitrogens with zero attached hydrogens (tertiary/aromatic N) is 3. The summed E-state index contributed by atoms with van der Waals surface area (Å²) < 4.78 is 41.0. The van der Waals surface area contributed by atoms with E-state index in [4.69, 9.17) is 21.1 Å². The molecule has 5 rings (SSSR count). The highest BCUT2D eigenvalue weighted by Crippen LogP contribution is 2.35. The van der Waals surface area contributed by atoms with Crippen molar-refractivity contribution in [2.45, 2.75) is 82.4 Å². The van der Waals surface area contributed by atoms with Crippen LogP contribution in [-0.2, 0) is 26.0 Å². The molecule has 1 N–H and O–H groups in total. The standard InChI is InChI=1S/C40H57ClN4O6S/c1-28(10-8-13-36(45-20-6-7-21-45)40(47)44(5)26-30-18-22-50-23-19-30)29(2)52(48,49)42-39(46)32-14-17-38(37(25-32)43(3)4)51-27-33-12-9-11-31-24-34(41)15-16-35(31)33/h8,13-17,24-25,28-30,33,36H,6-7,9-12,18-23,26-27H2,1-5H3,(H,42,46)/b13-8+. The first-order valence-electron chi connectivity index (χ1n) is 18.9. The number of hydrogen-bond donors (Lipinski definition) is 1. The van der Waals surface area contributed by atoms with E-state index in [2.05, 4.69) is 15.7 Å². The lowest BCUT2D eigenvalue weighted by Gasteiger charge is -2.32. The van der Waals surface area contributed by atoms with E-state index in [1.807, 2.05) is 62.2 Å². The number of likely N-dealkylation sites (tertiary alicyclic amines) is 1. The Labute approximate surface area is 315 Å². The van der Waals surface area contributed by atoms with E-state index in [9.17, 15) is 18.0 Å². The van der Waals surface area contributed by atoms with Gasteiger partial charge >= 0.3 is 0 Å². The largest absolute Gasteiger partial charge is 0.491 e. The maximum absolute atomic E-state index is 13.6. The molecule has 12 heteroatoms. The summed E-state index contributed by atoms with van der Waals surface area (Å²) in [6.07, 6.45) is 11.5. The molecule has 286 valence electrons. The summed E-state index contributed by atoms with van der Waals surface area (Å²) in [4.78, 5) is 32.9. The minimum atomic E-state index is -4.00. The summed E-state index contributed by atoms with van der Waals surface area (Å²) in [6.45, 7) is 7.90. The molecule has 4 unspecified atom stereocenters. The smallest absolute Gasteiger partial charge is 0.264 e. The Bertz CT molecular complexity index is 1670. The summed E-state index contributed by atoms with van der Waals surface area (Å²) in [5.74, 6) is 0.388. The third-order valence-corrected chi connectivity index (χ3v) is 13.2. The van der Waals surface area contributed by atoms with E-state index < -0.39 is 21.2 Å². The Balaban J connectivity index is 1.18. The molecule has 52 heavy (non-hydrogen) atoms. The Morgan fingerprint density at radius 3 is 2.48 bits per heavy atom. The predicted molar refractivity (Wildman–Crippen MR) is 208 cm³/mol. The zero-order chi connectivity index (χ0) is 37.4. The van der Waals surface area contributed by atoms with Crippen molar-refractivity contribution in [1.82, 2.24) is 14.5 Å². The van der Waals surface area contributed by atoms with Gasteiger partial charge in [-0.3, -0.25) is 14.5 Å². The van der Waals surface area contributed by atoms with Crippen LogP contribution in [0.5, 0.6) is 5.75 Å². The van der Waals surface area contributed by atoms with Gasteiger partial charge in [0.15, 0.2) is 0 Å². The van der Waals surface area contributed by atoms with Crippen LogP contribution in [-0.4, -0.2) is 102 Å². The topological polar surface area (TPSA) is 108 Å². The Morgan fingerprint density at radius 1 is 1.04 bits per heavy atom. The number of aryl methyl sites for hydroxylation is 1. The molecule has 0 saturated carbocycles. The van der Waals surface area contributed by atoms with Crippen molar-refractivity contribution in [3.8, 4) is 5.75 Å². The van der Waals surface area contributed by atoms with Crippen molar-refractivity contribution in [3.63, 3.8) is 0 Å². The number of sulfonamides is 1. The molecule has 0 aromatic heterocycles. The van der Waals surface area contributed by atoms with Crippen molar-refractivity contribution in [1.29, 1.82) is 0 Å². The zero-order valence-electron chi connectivity index (χ0n) is 31.5. The van der Waals surface area contributed by atoms with Gasteiger partial charge in [0.05, 0.1) is 17.5 Å². The number of anilines is 1. The van der Waals surface area contributed by atoms with Gasteiger partial charge in [-0.1, -0.05) is 36.7 Å². The predicted octanol–water partition coefficient (Wildman–Crippen LogP) is 6.28. The molecular weight excluding hydrogens is 700 g/mol. The highest BCUT2D eigenvalue weighted by atomic mass is 35.5. The van der Waals surface area contributed by atoms with Gasteiger partial charge in [-0.15, -0.1) is 0 Å². The minimum absolute atomic E-state index is 0.0726. The first kappa shape index (κ1) is 40.1. The van der Waals surface area contributed by atoms with Crippen molar-refractivity contribution >= 4 is 39.1 Å².